The molecule has 1 rings (SSSR count). The first-order valence-electron chi connectivity index (χ1n) is 4.50. The van der Waals surface area contributed by atoms with Crippen molar-refractivity contribution < 1.29 is 22.7 Å². The van der Waals surface area contributed by atoms with Crippen molar-refractivity contribution in [2.45, 2.75) is 13.0 Å². The zero-order chi connectivity index (χ0) is 12.1. The Labute approximate surface area is 91.1 Å². The smallest absolute Gasteiger partial charge is 0.267 e. The van der Waals surface area contributed by atoms with Gasteiger partial charge in [-0.1, -0.05) is 0 Å². The molecular formula is C10H12F3NO2. The highest BCUT2D eigenvalue weighted by Gasteiger charge is 2.18. The maximum Gasteiger partial charge on any atom is 0.267 e. The third kappa shape index (κ3) is 2.86. The summed E-state index contributed by atoms with van der Waals surface area (Å²) in [5, 5.41) is 0. The molecule has 0 bridgehead atoms. The first kappa shape index (κ1) is 12.8. The number of hydroxylamine groups is 1. The molecule has 0 aromatic heterocycles. The van der Waals surface area contributed by atoms with E-state index in [0.29, 0.717) is 0 Å². The fourth-order valence-corrected chi connectivity index (χ4v) is 1.37. The first-order valence-corrected chi connectivity index (χ1v) is 4.50. The Morgan fingerprint density at radius 3 is 2.50 bits per heavy atom. The van der Waals surface area contributed by atoms with E-state index < -0.39 is 17.8 Å². The molecule has 6 heteroatoms. The van der Waals surface area contributed by atoms with E-state index in [1.54, 1.807) is 0 Å². The third-order valence-electron chi connectivity index (χ3n) is 2.01. The maximum atomic E-state index is 13.1. The normalized spacial score (nSPS) is 10.9. The zero-order valence-corrected chi connectivity index (χ0v) is 8.89. The van der Waals surface area contributed by atoms with Crippen LogP contribution in [0.25, 0.3) is 0 Å². The largest absolute Gasteiger partial charge is 0.496 e. The van der Waals surface area contributed by atoms with E-state index in [4.69, 9.17) is 4.74 Å². The molecule has 0 aliphatic rings. The molecule has 0 heterocycles. The highest BCUT2D eigenvalue weighted by molar-refractivity contribution is 5.42. The fourth-order valence-electron chi connectivity index (χ4n) is 1.37. The minimum atomic E-state index is -2.79. The van der Waals surface area contributed by atoms with Crippen LogP contribution in [0.4, 0.5) is 13.2 Å². The molecule has 0 aliphatic heterocycles. The second kappa shape index (κ2) is 5.72. The minimum Gasteiger partial charge on any atom is -0.496 e. The summed E-state index contributed by atoms with van der Waals surface area (Å²) in [5.74, 6) is -0.759. The number of ether oxygens (including phenoxy) is 1. The molecule has 1 aromatic carbocycles. The summed E-state index contributed by atoms with van der Waals surface area (Å²) in [5.41, 5.74) is 2.26. The summed E-state index contributed by atoms with van der Waals surface area (Å²) in [6.07, 6.45) is -2.79. The van der Waals surface area contributed by atoms with Gasteiger partial charge in [0.1, 0.15) is 11.6 Å². The van der Waals surface area contributed by atoms with Crippen LogP contribution in [-0.2, 0) is 11.4 Å². The molecule has 0 unspecified atom stereocenters. The van der Waals surface area contributed by atoms with Crippen molar-refractivity contribution in [1.82, 2.24) is 5.48 Å². The Bertz CT molecular complexity index is 358. The molecule has 0 atom stereocenters. The van der Waals surface area contributed by atoms with Crippen LogP contribution in [-0.4, -0.2) is 14.2 Å². The van der Waals surface area contributed by atoms with Crippen LogP contribution >= 0.6 is 0 Å². The van der Waals surface area contributed by atoms with Crippen molar-refractivity contribution in [2.75, 3.05) is 14.2 Å². The lowest BCUT2D eigenvalue weighted by atomic mass is 10.1. The van der Waals surface area contributed by atoms with Crippen molar-refractivity contribution in [1.29, 1.82) is 0 Å². The van der Waals surface area contributed by atoms with Gasteiger partial charge in [0, 0.05) is 12.1 Å². The van der Waals surface area contributed by atoms with Gasteiger partial charge in [-0.3, -0.25) is 0 Å². The second-order valence-electron chi connectivity index (χ2n) is 3.01. The molecule has 0 fully saturated rings. The van der Waals surface area contributed by atoms with Gasteiger partial charge in [0.05, 0.1) is 19.8 Å². The molecule has 1 aromatic rings. The Balaban J connectivity index is 3.14. The number of methoxy groups -OCH3 is 1. The van der Waals surface area contributed by atoms with Gasteiger partial charge in [-0.25, -0.2) is 13.2 Å². The van der Waals surface area contributed by atoms with Crippen LogP contribution in [0.2, 0.25) is 0 Å². The van der Waals surface area contributed by atoms with Crippen LogP contribution in [0.15, 0.2) is 12.1 Å². The molecule has 1 N–H and O–H groups in total. The van der Waals surface area contributed by atoms with Crippen molar-refractivity contribution in [3.63, 3.8) is 0 Å². The van der Waals surface area contributed by atoms with Gasteiger partial charge >= 0.3 is 0 Å². The monoisotopic (exact) mass is 235 g/mol. The lowest BCUT2D eigenvalue weighted by Gasteiger charge is -2.13. The minimum absolute atomic E-state index is 0.0269. The standard InChI is InChI=1S/C10H12F3NO2/c1-15-9-6(5-14-16-2)3-7(11)4-8(9)10(12)13/h3-4,10,14H,5H2,1-2H3. The number of benzene rings is 1. The SMILES string of the molecule is CONCc1cc(F)cc(C(F)F)c1OC. The van der Waals surface area contributed by atoms with Gasteiger partial charge in [-0.05, 0) is 12.1 Å². The van der Waals surface area contributed by atoms with E-state index in [2.05, 4.69) is 10.3 Å². The average molecular weight is 235 g/mol. The van der Waals surface area contributed by atoms with E-state index in [1.165, 1.54) is 14.2 Å². The number of hydrogen-bond donors (Lipinski definition) is 1. The van der Waals surface area contributed by atoms with Crippen molar-refractivity contribution in [2.24, 2.45) is 0 Å². The molecule has 0 aliphatic carbocycles. The average Bonchev–Trinajstić information content (AvgIpc) is 2.25. The number of rotatable bonds is 5. The Morgan fingerprint density at radius 1 is 1.31 bits per heavy atom. The van der Waals surface area contributed by atoms with Gasteiger partial charge in [0.2, 0.25) is 0 Å². The Kier molecular flexibility index (Phi) is 4.57. The number of nitrogens with one attached hydrogen (secondary N) is 1. The highest BCUT2D eigenvalue weighted by atomic mass is 19.3. The van der Waals surface area contributed by atoms with Crippen LogP contribution in [0.3, 0.4) is 0 Å². The van der Waals surface area contributed by atoms with Crippen LogP contribution < -0.4 is 10.2 Å². The lowest BCUT2D eigenvalue weighted by Crippen LogP contribution is -2.12. The predicted molar refractivity (Wildman–Crippen MR) is 51.8 cm³/mol. The lowest BCUT2D eigenvalue weighted by molar-refractivity contribution is 0.0857. The van der Waals surface area contributed by atoms with Crippen molar-refractivity contribution >= 4 is 0 Å². The topological polar surface area (TPSA) is 30.5 Å². The molecule has 90 valence electrons. The van der Waals surface area contributed by atoms with E-state index in [9.17, 15) is 13.2 Å². The van der Waals surface area contributed by atoms with Gasteiger partial charge in [0.25, 0.3) is 6.43 Å². The van der Waals surface area contributed by atoms with Crippen LogP contribution in [0, 0.1) is 5.82 Å². The maximum absolute atomic E-state index is 13.1. The summed E-state index contributed by atoms with van der Waals surface area (Å²) in [6.45, 7) is 0.0805. The summed E-state index contributed by atoms with van der Waals surface area (Å²) < 4.78 is 43.1. The van der Waals surface area contributed by atoms with Crippen molar-refractivity contribution in [3.05, 3.63) is 29.1 Å². The predicted octanol–water partition coefficient (Wildman–Crippen LogP) is 2.42. The molecule has 0 spiro atoms. The van der Waals surface area contributed by atoms with E-state index in [0.717, 1.165) is 12.1 Å². The van der Waals surface area contributed by atoms with Gasteiger partial charge in [0.15, 0.2) is 0 Å². The fraction of sp³-hybridized carbons (Fsp3) is 0.400. The van der Waals surface area contributed by atoms with Gasteiger partial charge in [-0.15, -0.1) is 0 Å². The third-order valence-corrected chi connectivity index (χ3v) is 2.01. The van der Waals surface area contributed by atoms with E-state index in [-0.39, 0.29) is 17.9 Å². The molecule has 3 nitrogen and oxygen atoms in total. The zero-order valence-electron chi connectivity index (χ0n) is 8.89. The van der Waals surface area contributed by atoms with Gasteiger partial charge in [-0.2, -0.15) is 5.48 Å². The molecule has 0 radical (unpaired) electrons. The molecular weight excluding hydrogens is 223 g/mol. The summed E-state index contributed by atoms with van der Waals surface area (Å²) in [7, 11) is 2.63. The quantitative estimate of drug-likeness (QED) is 0.795. The highest BCUT2D eigenvalue weighted by Crippen LogP contribution is 2.33. The van der Waals surface area contributed by atoms with Crippen molar-refractivity contribution in [3.8, 4) is 5.75 Å². The molecule has 0 saturated carbocycles. The molecule has 0 saturated heterocycles. The summed E-state index contributed by atoms with van der Waals surface area (Å²) >= 11 is 0. The number of alkyl halides is 2. The van der Waals surface area contributed by atoms with Crippen LogP contribution in [0.1, 0.15) is 17.6 Å². The molecule has 16 heavy (non-hydrogen) atoms. The second-order valence-corrected chi connectivity index (χ2v) is 3.01. The van der Waals surface area contributed by atoms with E-state index in [1.807, 2.05) is 0 Å². The Morgan fingerprint density at radius 2 is 2.00 bits per heavy atom. The summed E-state index contributed by atoms with van der Waals surface area (Å²) in [4.78, 5) is 4.57. The number of hydrogen-bond acceptors (Lipinski definition) is 3. The number of halogens is 3. The Hall–Kier alpha value is -1.27. The van der Waals surface area contributed by atoms with Crippen LogP contribution in [0.5, 0.6) is 5.75 Å². The first-order chi connectivity index (χ1) is 7.60. The van der Waals surface area contributed by atoms with Gasteiger partial charge < -0.3 is 9.57 Å². The summed E-state index contributed by atoms with van der Waals surface area (Å²) in [6, 6.07) is 1.89. The molecule has 0 amide bonds. The van der Waals surface area contributed by atoms with E-state index >= 15 is 0 Å².